The normalized spacial score (nSPS) is 14.6. The van der Waals surface area contributed by atoms with Crippen LogP contribution in [0.25, 0.3) is 0 Å². The van der Waals surface area contributed by atoms with Gasteiger partial charge in [-0.25, -0.2) is 4.79 Å². The van der Waals surface area contributed by atoms with Gasteiger partial charge in [-0.2, -0.15) is 0 Å². The van der Waals surface area contributed by atoms with Gasteiger partial charge in [0.25, 0.3) is 0 Å². The summed E-state index contributed by atoms with van der Waals surface area (Å²) in [5, 5.41) is 3.24. The average Bonchev–Trinajstić information content (AvgIpc) is 2.40. The van der Waals surface area contributed by atoms with Gasteiger partial charge in [0.15, 0.2) is 0 Å². The molecule has 0 atom stereocenters. The lowest BCUT2D eigenvalue weighted by Gasteiger charge is -2.16. The lowest BCUT2D eigenvalue weighted by Crippen LogP contribution is -2.14. The van der Waals surface area contributed by atoms with Gasteiger partial charge in [0.2, 0.25) is 0 Å². The highest BCUT2D eigenvalue weighted by Crippen LogP contribution is 2.22. The van der Waals surface area contributed by atoms with Crippen molar-refractivity contribution in [2.45, 2.75) is 12.8 Å². The molecular weight excluding hydrogens is 214 g/mol. The number of para-hydroxylation sites is 1. The van der Waals surface area contributed by atoms with Gasteiger partial charge < -0.3 is 10.1 Å². The number of hydrogen-bond acceptors (Lipinski definition) is 3. The van der Waals surface area contributed by atoms with Crippen LogP contribution >= 0.6 is 0 Å². The second-order valence-electron chi connectivity index (χ2n) is 3.80. The number of ether oxygens (including phenoxy) is 1. The number of methoxy groups -OCH3 is 1. The highest BCUT2D eigenvalue weighted by molar-refractivity contribution is 5.94. The van der Waals surface area contributed by atoms with E-state index in [1.807, 2.05) is 42.5 Å². The molecule has 0 fully saturated rings. The van der Waals surface area contributed by atoms with Crippen LogP contribution in [-0.2, 0) is 9.53 Å². The number of nitrogens with one attached hydrogen (secondary N) is 1. The smallest absolute Gasteiger partial charge is 0.339 e. The van der Waals surface area contributed by atoms with Crippen molar-refractivity contribution in [1.82, 2.24) is 0 Å². The molecule has 0 aliphatic heterocycles. The van der Waals surface area contributed by atoms with E-state index >= 15 is 0 Å². The van der Waals surface area contributed by atoms with Crippen molar-refractivity contribution < 1.29 is 9.53 Å². The Morgan fingerprint density at radius 1 is 1.18 bits per heavy atom. The van der Waals surface area contributed by atoms with E-state index in [0.717, 1.165) is 24.2 Å². The molecular formula is C14H15NO2. The number of allylic oxidation sites excluding steroid dienone is 2. The van der Waals surface area contributed by atoms with Crippen LogP contribution in [0.3, 0.4) is 0 Å². The zero-order valence-electron chi connectivity index (χ0n) is 9.77. The fourth-order valence-electron chi connectivity index (χ4n) is 1.77. The first-order chi connectivity index (χ1) is 8.31. The van der Waals surface area contributed by atoms with Crippen LogP contribution in [0.4, 0.5) is 5.69 Å². The molecule has 0 aromatic heterocycles. The minimum Gasteiger partial charge on any atom is -0.465 e. The molecule has 0 heterocycles. The van der Waals surface area contributed by atoms with Crippen molar-refractivity contribution in [2.75, 3.05) is 12.4 Å². The van der Waals surface area contributed by atoms with E-state index in [2.05, 4.69) is 5.32 Å². The molecule has 2 rings (SSSR count). The van der Waals surface area contributed by atoms with Crippen LogP contribution in [-0.4, -0.2) is 13.1 Å². The number of anilines is 1. The molecule has 0 saturated heterocycles. The van der Waals surface area contributed by atoms with Crippen molar-refractivity contribution in [1.29, 1.82) is 0 Å². The minimum absolute atomic E-state index is 0.292. The summed E-state index contributed by atoms with van der Waals surface area (Å²) < 4.78 is 4.77. The molecule has 1 N–H and O–H groups in total. The van der Waals surface area contributed by atoms with E-state index in [0.29, 0.717) is 5.57 Å². The fraction of sp³-hybridized carbons (Fsp3) is 0.214. The van der Waals surface area contributed by atoms with E-state index in [1.165, 1.54) is 7.11 Å². The molecule has 0 saturated carbocycles. The van der Waals surface area contributed by atoms with Crippen LogP contribution in [0.5, 0.6) is 0 Å². The van der Waals surface area contributed by atoms with Crippen molar-refractivity contribution >= 4 is 11.7 Å². The first-order valence-corrected chi connectivity index (χ1v) is 5.62. The fourth-order valence-corrected chi connectivity index (χ4v) is 1.77. The van der Waals surface area contributed by atoms with E-state index in [1.54, 1.807) is 0 Å². The van der Waals surface area contributed by atoms with Gasteiger partial charge in [0.05, 0.1) is 12.7 Å². The van der Waals surface area contributed by atoms with Crippen LogP contribution in [0.1, 0.15) is 12.8 Å². The zero-order valence-corrected chi connectivity index (χ0v) is 9.77. The van der Waals surface area contributed by atoms with Gasteiger partial charge in [0, 0.05) is 11.4 Å². The van der Waals surface area contributed by atoms with Gasteiger partial charge in [0.1, 0.15) is 0 Å². The van der Waals surface area contributed by atoms with E-state index in [9.17, 15) is 4.79 Å². The Kier molecular flexibility index (Phi) is 3.60. The number of carbonyl (C=O) groups is 1. The van der Waals surface area contributed by atoms with E-state index < -0.39 is 0 Å². The first-order valence-electron chi connectivity index (χ1n) is 5.62. The predicted octanol–water partition coefficient (Wildman–Crippen LogP) is 2.88. The topological polar surface area (TPSA) is 38.3 Å². The average molecular weight is 229 g/mol. The molecule has 1 aliphatic carbocycles. The quantitative estimate of drug-likeness (QED) is 0.810. The third-order valence-corrected chi connectivity index (χ3v) is 2.61. The monoisotopic (exact) mass is 229 g/mol. The van der Waals surface area contributed by atoms with Gasteiger partial charge in [-0.05, 0) is 25.0 Å². The Balaban J connectivity index is 2.17. The second kappa shape index (κ2) is 5.34. The maximum absolute atomic E-state index is 11.6. The number of hydrogen-bond donors (Lipinski definition) is 1. The van der Waals surface area contributed by atoms with Gasteiger partial charge in [-0.1, -0.05) is 30.4 Å². The lowest BCUT2D eigenvalue weighted by atomic mass is 10.0. The largest absolute Gasteiger partial charge is 0.465 e. The summed E-state index contributed by atoms with van der Waals surface area (Å²) in [6, 6.07) is 9.78. The highest BCUT2D eigenvalue weighted by Gasteiger charge is 2.17. The third kappa shape index (κ3) is 2.75. The number of carbonyl (C=O) groups excluding carboxylic acids is 1. The third-order valence-electron chi connectivity index (χ3n) is 2.61. The van der Waals surface area contributed by atoms with Crippen LogP contribution in [0.15, 0.2) is 53.8 Å². The maximum atomic E-state index is 11.6. The van der Waals surface area contributed by atoms with Crippen LogP contribution in [0.2, 0.25) is 0 Å². The summed E-state index contributed by atoms with van der Waals surface area (Å²) in [6.07, 6.45) is 5.76. The Morgan fingerprint density at radius 2 is 1.88 bits per heavy atom. The molecule has 0 bridgehead atoms. The Morgan fingerprint density at radius 3 is 2.59 bits per heavy atom. The molecule has 0 amide bonds. The summed E-state index contributed by atoms with van der Waals surface area (Å²) in [6.45, 7) is 0. The molecule has 0 unspecified atom stereocenters. The first kappa shape index (κ1) is 11.5. The Bertz CT molecular complexity index is 460. The van der Waals surface area contributed by atoms with E-state index in [-0.39, 0.29) is 5.97 Å². The molecule has 1 aromatic carbocycles. The molecule has 1 aliphatic rings. The summed E-state index contributed by atoms with van der Waals surface area (Å²) in [5.41, 5.74) is 2.41. The van der Waals surface area contributed by atoms with Crippen molar-refractivity contribution in [3.63, 3.8) is 0 Å². The van der Waals surface area contributed by atoms with Gasteiger partial charge in [-0.15, -0.1) is 0 Å². The SMILES string of the molecule is COC(=O)C1=CCCC=C1Nc1ccccc1. The molecule has 88 valence electrons. The molecule has 3 nitrogen and oxygen atoms in total. The molecule has 0 spiro atoms. The number of benzene rings is 1. The number of esters is 1. The summed E-state index contributed by atoms with van der Waals surface area (Å²) in [4.78, 5) is 11.6. The summed E-state index contributed by atoms with van der Waals surface area (Å²) in [7, 11) is 1.40. The zero-order chi connectivity index (χ0) is 12.1. The van der Waals surface area contributed by atoms with Crippen molar-refractivity contribution in [2.24, 2.45) is 0 Å². The molecule has 3 heteroatoms. The van der Waals surface area contributed by atoms with Crippen LogP contribution in [0, 0.1) is 0 Å². The lowest BCUT2D eigenvalue weighted by molar-refractivity contribution is -0.135. The summed E-state index contributed by atoms with van der Waals surface area (Å²) in [5.74, 6) is -0.292. The molecule has 0 radical (unpaired) electrons. The highest BCUT2D eigenvalue weighted by atomic mass is 16.5. The Labute approximate surface area is 101 Å². The molecule has 1 aromatic rings. The minimum atomic E-state index is -0.292. The summed E-state index contributed by atoms with van der Waals surface area (Å²) >= 11 is 0. The van der Waals surface area contributed by atoms with E-state index in [4.69, 9.17) is 4.74 Å². The van der Waals surface area contributed by atoms with Gasteiger partial charge in [-0.3, -0.25) is 0 Å². The predicted molar refractivity (Wildman–Crippen MR) is 67.5 cm³/mol. The van der Waals surface area contributed by atoms with Crippen molar-refractivity contribution in [3.8, 4) is 0 Å². The maximum Gasteiger partial charge on any atom is 0.339 e. The van der Waals surface area contributed by atoms with Crippen LogP contribution < -0.4 is 5.32 Å². The standard InChI is InChI=1S/C14H15NO2/c1-17-14(16)12-9-5-6-10-13(12)15-11-7-3-2-4-8-11/h2-4,7-10,15H,5-6H2,1H3. The second-order valence-corrected chi connectivity index (χ2v) is 3.80. The Hall–Kier alpha value is -2.03. The number of rotatable bonds is 3. The van der Waals surface area contributed by atoms with Crippen molar-refractivity contribution in [3.05, 3.63) is 53.8 Å². The van der Waals surface area contributed by atoms with Gasteiger partial charge >= 0.3 is 5.97 Å². The molecule has 17 heavy (non-hydrogen) atoms.